The maximum atomic E-state index is 13.2. The molecular formula is C68H131NO10. The van der Waals surface area contributed by atoms with Gasteiger partial charge in [0, 0.05) is 0 Å². The number of aliphatic hydroxyl groups is 7. The van der Waals surface area contributed by atoms with Crippen LogP contribution >= 0.6 is 0 Å². The highest BCUT2D eigenvalue weighted by Crippen LogP contribution is 2.24. The molecule has 0 saturated carbocycles. The van der Waals surface area contributed by atoms with Crippen molar-refractivity contribution in [3.8, 4) is 0 Å². The van der Waals surface area contributed by atoms with Gasteiger partial charge in [-0.2, -0.15) is 0 Å². The Bertz CT molecular complexity index is 1330. The molecule has 11 nitrogen and oxygen atoms in total. The third kappa shape index (κ3) is 44.7. The van der Waals surface area contributed by atoms with Gasteiger partial charge in [0.2, 0.25) is 5.91 Å². The van der Waals surface area contributed by atoms with Crippen LogP contribution in [0.4, 0.5) is 0 Å². The smallest absolute Gasteiger partial charge is 0.249 e. The fourth-order valence-corrected chi connectivity index (χ4v) is 11.2. The molecule has 1 saturated heterocycles. The summed E-state index contributed by atoms with van der Waals surface area (Å²) in [7, 11) is 0. The van der Waals surface area contributed by atoms with Gasteiger partial charge in [0.05, 0.1) is 25.4 Å². The quantitative estimate of drug-likeness (QED) is 0.0215. The summed E-state index contributed by atoms with van der Waals surface area (Å²) in [5.41, 5.74) is 0. The van der Waals surface area contributed by atoms with Crippen molar-refractivity contribution in [1.29, 1.82) is 0 Å². The zero-order valence-electron chi connectivity index (χ0n) is 51.6. The molecule has 11 heteroatoms. The average molecular weight is 1120 g/mol. The van der Waals surface area contributed by atoms with Crippen LogP contribution < -0.4 is 5.32 Å². The second-order valence-electron chi connectivity index (χ2n) is 24.2. The van der Waals surface area contributed by atoms with E-state index in [2.05, 4.69) is 43.5 Å². The topological polar surface area (TPSA) is 189 Å². The number of carbonyl (C=O) groups excluding carboxylic acids is 1. The van der Waals surface area contributed by atoms with Crippen LogP contribution in [-0.2, 0) is 14.3 Å². The normalized spacial score (nSPS) is 19.4. The van der Waals surface area contributed by atoms with Crippen LogP contribution in [0.1, 0.15) is 335 Å². The molecule has 0 aromatic rings. The van der Waals surface area contributed by atoms with Crippen molar-refractivity contribution in [3.05, 3.63) is 24.3 Å². The molecule has 79 heavy (non-hydrogen) atoms. The second-order valence-corrected chi connectivity index (χ2v) is 24.2. The molecule has 1 aliphatic rings. The maximum absolute atomic E-state index is 13.2. The van der Waals surface area contributed by atoms with Gasteiger partial charge in [-0.25, -0.2) is 0 Å². The Labute approximate surface area is 486 Å². The Morgan fingerprint density at radius 3 is 1.13 bits per heavy atom. The van der Waals surface area contributed by atoms with Crippen LogP contribution in [0.15, 0.2) is 24.3 Å². The summed E-state index contributed by atoms with van der Waals surface area (Å²) in [6.07, 6.45) is 59.8. The van der Waals surface area contributed by atoms with Crippen molar-refractivity contribution in [2.75, 3.05) is 13.2 Å². The van der Waals surface area contributed by atoms with Crippen LogP contribution in [0.3, 0.4) is 0 Å². The zero-order valence-corrected chi connectivity index (χ0v) is 51.6. The molecule has 0 aromatic carbocycles. The number of rotatable bonds is 60. The van der Waals surface area contributed by atoms with Gasteiger partial charge in [-0.1, -0.05) is 308 Å². The summed E-state index contributed by atoms with van der Waals surface area (Å²) >= 11 is 0. The van der Waals surface area contributed by atoms with Crippen molar-refractivity contribution in [2.24, 2.45) is 0 Å². The highest BCUT2D eigenvalue weighted by Gasteiger charge is 2.44. The van der Waals surface area contributed by atoms with Crippen LogP contribution in [0.2, 0.25) is 0 Å². The molecule has 1 rings (SSSR count). The fourth-order valence-electron chi connectivity index (χ4n) is 11.2. The van der Waals surface area contributed by atoms with Gasteiger partial charge in [0.25, 0.3) is 0 Å². The third-order valence-electron chi connectivity index (χ3n) is 16.7. The zero-order chi connectivity index (χ0) is 57.5. The predicted octanol–water partition coefficient (Wildman–Crippen LogP) is 16.0. The van der Waals surface area contributed by atoms with Gasteiger partial charge in [0.1, 0.15) is 36.6 Å². The standard InChI is InChI=1S/C68H131NO10/c1-3-5-7-9-11-13-15-17-19-21-23-25-27-28-29-30-31-32-33-34-36-37-39-41-43-45-47-49-51-53-55-60(71)63(73)59(58-78-68-66(76)65(75)64(74)62(57-70)79-68)69-67(77)61(72)56-54-52-50-48-46-44-42-40-38-35-26-24-22-20-18-16-14-12-10-8-6-4-2/h39,41,47,49,59-66,68,70-76H,3-38,40,42-46,48,50-58H2,1-2H3,(H,69,77)/b41-39+,49-47+. The lowest BCUT2D eigenvalue weighted by Gasteiger charge is -2.40. The number of ether oxygens (including phenoxy) is 2. The van der Waals surface area contributed by atoms with Gasteiger partial charge < -0.3 is 50.5 Å². The second kappa shape index (κ2) is 57.0. The van der Waals surface area contributed by atoms with Gasteiger partial charge in [-0.05, 0) is 51.4 Å². The van der Waals surface area contributed by atoms with E-state index in [0.717, 1.165) is 38.5 Å². The summed E-state index contributed by atoms with van der Waals surface area (Å²) in [4.78, 5) is 13.2. The van der Waals surface area contributed by atoms with Crippen molar-refractivity contribution < 1.29 is 50.0 Å². The van der Waals surface area contributed by atoms with Gasteiger partial charge >= 0.3 is 0 Å². The first-order valence-corrected chi connectivity index (χ1v) is 34.2. The molecule has 9 unspecified atom stereocenters. The van der Waals surface area contributed by atoms with Crippen molar-refractivity contribution in [3.63, 3.8) is 0 Å². The molecular weight excluding hydrogens is 991 g/mol. The van der Waals surface area contributed by atoms with Gasteiger partial charge in [-0.3, -0.25) is 4.79 Å². The number of hydrogen-bond acceptors (Lipinski definition) is 10. The van der Waals surface area contributed by atoms with E-state index < -0.39 is 74.2 Å². The maximum Gasteiger partial charge on any atom is 0.249 e. The lowest BCUT2D eigenvalue weighted by molar-refractivity contribution is -0.303. The minimum Gasteiger partial charge on any atom is -0.394 e. The number of unbranched alkanes of at least 4 members (excludes halogenated alkanes) is 44. The monoisotopic (exact) mass is 1120 g/mol. The van der Waals surface area contributed by atoms with E-state index in [1.807, 2.05) is 0 Å². The molecule has 0 radical (unpaired) electrons. The largest absolute Gasteiger partial charge is 0.394 e. The molecule has 9 atom stereocenters. The Kier molecular flexibility index (Phi) is 54.6. The number of amides is 1. The summed E-state index contributed by atoms with van der Waals surface area (Å²) in [6, 6.07) is -1.19. The Balaban J connectivity index is 2.24. The lowest BCUT2D eigenvalue weighted by Crippen LogP contribution is -2.60. The SMILES string of the molecule is CCCCCCCCCCCCCCCCCCCCCCC/C=C/CC/C=C/CCCC(O)C(O)C(COC1OC(CO)C(O)C(O)C1O)NC(=O)C(O)CCCCCCCCCCCCCCCCCCCCCCCC. The number of carbonyl (C=O) groups is 1. The van der Waals surface area contributed by atoms with Crippen LogP contribution in [0.5, 0.6) is 0 Å². The van der Waals surface area contributed by atoms with Crippen LogP contribution in [-0.4, -0.2) is 110 Å². The van der Waals surface area contributed by atoms with E-state index in [1.165, 1.54) is 250 Å². The highest BCUT2D eigenvalue weighted by molar-refractivity contribution is 5.80. The van der Waals surface area contributed by atoms with E-state index in [-0.39, 0.29) is 12.8 Å². The first-order chi connectivity index (χ1) is 38.7. The summed E-state index contributed by atoms with van der Waals surface area (Å²) in [5.74, 6) is -0.704. The first kappa shape index (κ1) is 75.6. The minimum atomic E-state index is -1.67. The Morgan fingerprint density at radius 2 is 0.759 bits per heavy atom. The number of aliphatic hydroxyl groups excluding tert-OH is 7. The highest BCUT2D eigenvalue weighted by atomic mass is 16.7. The van der Waals surface area contributed by atoms with Gasteiger partial charge in [-0.15, -0.1) is 0 Å². The molecule has 1 fully saturated rings. The van der Waals surface area contributed by atoms with Crippen molar-refractivity contribution in [1.82, 2.24) is 5.32 Å². The Hall–Kier alpha value is -1.41. The van der Waals surface area contributed by atoms with Gasteiger partial charge in [0.15, 0.2) is 6.29 Å². The molecule has 0 spiro atoms. The van der Waals surface area contributed by atoms with E-state index in [1.54, 1.807) is 0 Å². The molecule has 8 N–H and O–H groups in total. The number of nitrogens with one attached hydrogen (secondary N) is 1. The third-order valence-corrected chi connectivity index (χ3v) is 16.7. The molecule has 1 amide bonds. The van der Waals surface area contributed by atoms with Crippen molar-refractivity contribution in [2.45, 2.75) is 390 Å². The predicted molar refractivity (Wildman–Crippen MR) is 330 cm³/mol. The molecule has 0 aliphatic carbocycles. The minimum absolute atomic E-state index is 0.249. The fraction of sp³-hybridized carbons (Fsp3) is 0.926. The van der Waals surface area contributed by atoms with E-state index in [4.69, 9.17) is 9.47 Å². The number of hydrogen-bond donors (Lipinski definition) is 8. The molecule has 0 aromatic heterocycles. The van der Waals surface area contributed by atoms with E-state index >= 15 is 0 Å². The molecule has 1 heterocycles. The van der Waals surface area contributed by atoms with Crippen LogP contribution in [0.25, 0.3) is 0 Å². The summed E-state index contributed by atoms with van der Waals surface area (Å²) in [6.45, 7) is 3.49. The molecule has 1 aliphatic heterocycles. The van der Waals surface area contributed by atoms with E-state index in [0.29, 0.717) is 19.3 Å². The van der Waals surface area contributed by atoms with E-state index in [9.17, 15) is 40.5 Å². The van der Waals surface area contributed by atoms with Crippen molar-refractivity contribution >= 4 is 5.91 Å². The molecule has 468 valence electrons. The first-order valence-electron chi connectivity index (χ1n) is 34.2. The Morgan fingerprint density at radius 1 is 0.430 bits per heavy atom. The molecule has 0 bridgehead atoms. The lowest BCUT2D eigenvalue weighted by atomic mass is 9.98. The number of allylic oxidation sites excluding steroid dienone is 4. The average Bonchev–Trinajstić information content (AvgIpc) is 3.46. The summed E-state index contributed by atoms with van der Waals surface area (Å²) in [5, 5.41) is 76.4. The van der Waals surface area contributed by atoms with Crippen LogP contribution in [0, 0.1) is 0 Å². The summed E-state index contributed by atoms with van der Waals surface area (Å²) < 4.78 is 11.2.